The van der Waals surface area contributed by atoms with Crippen LogP contribution in [0.4, 0.5) is 0 Å². The molecule has 0 aliphatic carbocycles. The van der Waals surface area contributed by atoms with Gasteiger partial charge in [-0.15, -0.1) is 0 Å². The van der Waals surface area contributed by atoms with Gasteiger partial charge in [0.25, 0.3) is 0 Å². The van der Waals surface area contributed by atoms with Crippen molar-refractivity contribution in [3.8, 4) is 11.1 Å². The third-order valence-corrected chi connectivity index (χ3v) is 4.84. The van der Waals surface area contributed by atoms with Gasteiger partial charge >= 0.3 is 0 Å². The van der Waals surface area contributed by atoms with Crippen LogP contribution in [0.15, 0.2) is 66.7 Å². The van der Waals surface area contributed by atoms with Crippen LogP contribution in [0.5, 0.6) is 0 Å². The first-order chi connectivity index (χ1) is 11.2. The fourth-order valence-electron chi connectivity index (χ4n) is 3.33. The smallest absolute Gasteiger partial charge is 0.0193 e. The first kappa shape index (κ1) is 16.0. The summed E-state index contributed by atoms with van der Waals surface area (Å²) in [5.41, 5.74) is 5.25. The summed E-state index contributed by atoms with van der Waals surface area (Å²) in [6.45, 7) is 10.2. The van der Waals surface area contributed by atoms with Crippen molar-refractivity contribution in [3.05, 3.63) is 72.3 Å². The molecule has 1 saturated heterocycles. The highest BCUT2D eigenvalue weighted by Crippen LogP contribution is 2.21. The maximum Gasteiger partial charge on any atom is 0.0193 e. The molecule has 1 heterocycles. The number of likely N-dealkylation sites (tertiary alicyclic amines) is 1. The minimum atomic E-state index is 0.894. The van der Waals surface area contributed by atoms with E-state index in [0.717, 1.165) is 18.9 Å². The third-order valence-electron chi connectivity index (χ3n) is 4.84. The zero-order valence-electron chi connectivity index (χ0n) is 14.2. The van der Waals surface area contributed by atoms with Gasteiger partial charge in [-0.3, -0.25) is 4.90 Å². The van der Waals surface area contributed by atoms with Crippen molar-refractivity contribution in [1.29, 1.82) is 0 Å². The Hall–Kier alpha value is -1.86. The zero-order chi connectivity index (χ0) is 16.1. The summed E-state index contributed by atoms with van der Waals surface area (Å²) >= 11 is 0. The summed E-state index contributed by atoms with van der Waals surface area (Å²) in [6.07, 6.45) is 3.65. The van der Waals surface area contributed by atoms with Crippen LogP contribution in [0.25, 0.3) is 11.1 Å². The van der Waals surface area contributed by atoms with E-state index < -0.39 is 0 Å². The van der Waals surface area contributed by atoms with Gasteiger partial charge in [0.05, 0.1) is 0 Å². The van der Waals surface area contributed by atoms with E-state index in [0.29, 0.717) is 0 Å². The highest BCUT2D eigenvalue weighted by Gasteiger charge is 2.15. The fraction of sp³-hybridized carbons (Fsp3) is 0.364. The molecule has 0 atom stereocenters. The van der Waals surface area contributed by atoms with E-state index in [2.05, 4.69) is 73.0 Å². The minimum absolute atomic E-state index is 0.894. The predicted octanol–water partition coefficient (Wildman–Crippen LogP) is 5.18. The summed E-state index contributed by atoms with van der Waals surface area (Å²) < 4.78 is 0. The van der Waals surface area contributed by atoms with Gasteiger partial charge in [-0.1, -0.05) is 73.7 Å². The molecular weight excluding hydrogens is 278 g/mol. The van der Waals surface area contributed by atoms with Gasteiger partial charge in [0.15, 0.2) is 0 Å². The second-order valence-corrected chi connectivity index (χ2v) is 6.95. The van der Waals surface area contributed by atoms with Crippen LogP contribution in [0, 0.1) is 5.92 Å². The molecule has 23 heavy (non-hydrogen) atoms. The van der Waals surface area contributed by atoms with Crippen LogP contribution < -0.4 is 0 Å². The second-order valence-electron chi connectivity index (χ2n) is 6.95. The zero-order valence-corrected chi connectivity index (χ0v) is 14.2. The first-order valence-electron chi connectivity index (χ1n) is 8.74. The Morgan fingerprint density at radius 2 is 1.57 bits per heavy atom. The number of benzene rings is 2. The van der Waals surface area contributed by atoms with Crippen molar-refractivity contribution in [3.63, 3.8) is 0 Å². The van der Waals surface area contributed by atoms with E-state index in [4.69, 9.17) is 0 Å². The lowest BCUT2D eigenvalue weighted by Gasteiger charge is -2.30. The SMILES string of the molecule is C=C(Cc1ccc(-c2ccccc2)cc1)CN1CCC(C)CC1. The largest absolute Gasteiger partial charge is 0.299 e. The van der Waals surface area contributed by atoms with Gasteiger partial charge in [-0.05, 0) is 55.0 Å². The van der Waals surface area contributed by atoms with Crippen LogP contribution in [-0.4, -0.2) is 24.5 Å². The monoisotopic (exact) mass is 305 g/mol. The van der Waals surface area contributed by atoms with Crippen molar-refractivity contribution in [2.24, 2.45) is 5.92 Å². The number of rotatable bonds is 5. The van der Waals surface area contributed by atoms with Crippen LogP contribution in [-0.2, 0) is 6.42 Å². The molecule has 2 aromatic carbocycles. The van der Waals surface area contributed by atoms with E-state index in [-0.39, 0.29) is 0 Å². The maximum absolute atomic E-state index is 4.30. The third kappa shape index (κ3) is 4.56. The van der Waals surface area contributed by atoms with E-state index >= 15 is 0 Å². The molecule has 0 aromatic heterocycles. The molecule has 120 valence electrons. The Bertz CT molecular complexity index is 619. The van der Waals surface area contributed by atoms with Gasteiger partial charge in [-0.2, -0.15) is 0 Å². The number of hydrogen-bond acceptors (Lipinski definition) is 1. The molecule has 0 saturated carbocycles. The Balaban J connectivity index is 1.55. The molecule has 0 radical (unpaired) electrons. The normalized spacial score (nSPS) is 16.4. The summed E-state index contributed by atoms with van der Waals surface area (Å²) in [5, 5.41) is 0. The molecule has 1 fully saturated rings. The molecule has 1 aliphatic rings. The summed E-state index contributed by atoms with van der Waals surface area (Å²) in [5.74, 6) is 0.894. The highest BCUT2D eigenvalue weighted by atomic mass is 15.1. The molecule has 2 aromatic rings. The van der Waals surface area contributed by atoms with E-state index in [9.17, 15) is 0 Å². The first-order valence-corrected chi connectivity index (χ1v) is 8.74. The van der Waals surface area contributed by atoms with E-state index in [1.165, 1.54) is 48.2 Å². The molecule has 1 nitrogen and oxygen atoms in total. The van der Waals surface area contributed by atoms with Crippen LogP contribution in [0.2, 0.25) is 0 Å². The second kappa shape index (κ2) is 7.61. The highest BCUT2D eigenvalue weighted by molar-refractivity contribution is 5.63. The lowest BCUT2D eigenvalue weighted by atomic mass is 9.97. The topological polar surface area (TPSA) is 3.24 Å². The molecular formula is C22H27N. The summed E-state index contributed by atoms with van der Waals surface area (Å²) in [6, 6.07) is 19.5. The molecule has 0 unspecified atom stereocenters. The van der Waals surface area contributed by atoms with Crippen molar-refractivity contribution >= 4 is 0 Å². The van der Waals surface area contributed by atoms with Crippen LogP contribution >= 0.6 is 0 Å². The van der Waals surface area contributed by atoms with Gasteiger partial charge in [0, 0.05) is 6.54 Å². The van der Waals surface area contributed by atoms with Crippen molar-refractivity contribution in [1.82, 2.24) is 4.90 Å². The molecule has 1 heteroatoms. The average Bonchev–Trinajstić information content (AvgIpc) is 2.58. The van der Waals surface area contributed by atoms with Gasteiger partial charge in [0.1, 0.15) is 0 Å². The fourth-order valence-corrected chi connectivity index (χ4v) is 3.33. The van der Waals surface area contributed by atoms with Crippen LogP contribution in [0.3, 0.4) is 0 Å². The molecule has 0 amide bonds. The quantitative estimate of drug-likeness (QED) is 0.688. The van der Waals surface area contributed by atoms with Crippen molar-refractivity contribution in [2.75, 3.05) is 19.6 Å². The predicted molar refractivity (Wildman–Crippen MR) is 99.6 cm³/mol. The Morgan fingerprint density at radius 3 is 2.22 bits per heavy atom. The Kier molecular flexibility index (Phi) is 5.30. The lowest BCUT2D eigenvalue weighted by molar-refractivity contribution is 0.205. The van der Waals surface area contributed by atoms with E-state index in [1.807, 2.05) is 0 Å². The number of hydrogen-bond donors (Lipinski definition) is 0. The molecule has 3 rings (SSSR count). The standard InChI is InChI=1S/C22H27N/c1-18-12-14-23(15-13-18)17-19(2)16-20-8-10-22(11-9-20)21-6-4-3-5-7-21/h3-11,18H,2,12-17H2,1H3. The minimum Gasteiger partial charge on any atom is -0.299 e. The number of nitrogens with zero attached hydrogens (tertiary/aromatic N) is 1. The van der Waals surface area contributed by atoms with Crippen LogP contribution in [0.1, 0.15) is 25.3 Å². The maximum atomic E-state index is 4.30. The van der Waals surface area contributed by atoms with Gasteiger partial charge < -0.3 is 0 Å². The van der Waals surface area contributed by atoms with Crippen molar-refractivity contribution in [2.45, 2.75) is 26.2 Å². The molecule has 0 bridgehead atoms. The molecule has 1 aliphatic heterocycles. The molecule has 0 spiro atoms. The average molecular weight is 305 g/mol. The van der Waals surface area contributed by atoms with Crippen molar-refractivity contribution < 1.29 is 0 Å². The lowest BCUT2D eigenvalue weighted by Crippen LogP contribution is -2.34. The van der Waals surface area contributed by atoms with Gasteiger partial charge in [0.2, 0.25) is 0 Å². The Labute approximate surface area is 140 Å². The summed E-state index contributed by atoms with van der Waals surface area (Å²) in [4.78, 5) is 2.56. The summed E-state index contributed by atoms with van der Waals surface area (Å²) in [7, 11) is 0. The van der Waals surface area contributed by atoms with Gasteiger partial charge in [-0.25, -0.2) is 0 Å². The molecule has 0 N–H and O–H groups in total. The number of piperidine rings is 1. The van der Waals surface area contributed by atoms with E-state index in [1.54, 1.807) is 0 Å². The Morgan fingerprint density at radius 1 is 0.957 bits per heavy atom.